The van der Waals surface area contributed by atoms with Crippen molar-refractivity contribution in [3.8, 4) is 0 Å². The monoisotopic (exact) mass is 584 g/mol. The summed E-state index contributed by atoms with van der Waals surface area (Å²) in [7, 11) is 5.50. The normalized spacial score (nSPS) is 13.3. The van der Waals surface area contributed by atoms with Gasteiger partial charge in [-0.1, -0.05) is 90.2 Å². The molecule has 2 unspecified atom stereocenters. The van der Waals surface area contributed by atoms with Crippen LogP contribution >= 0.6 is 0 Å². The molecule has 0 aliphatic rings. The molecule has 0 heterocycles. The molecule has 0 aromatic heterocycles. The molecule has 0 fully saturated rings. The number of carbonyl (C=O) groups excluding carboxylic acids is 2. The third-order valence-electron chi connectivity index (χ3n) is 7.16. The summed E-state index contributed by atoms with van der Waals surface area (Å²) in [4.78, 5) is 36.3. The Balaban J connectivity index is 4.49. The summed E-state index contributed by atoms with van der Waals surface area (Å²) in [5, 5.41) is 9.51. The molecule has 0 saturated heterocycles. The van der Waals surface area contributed by atoms with Crippen LogP contribution < -0.4 is 0 Å². The van der Waals surface area contributed by atoms with Gasteiger partial charge in [0.05, 0.1) is 34.4 Å². The third-order valence-corrected chi connectivity index (χ3v) is 7.16. The van der Waals surface area contributed by atoms with E-state index in [4.69, 9.17) is 14.2 Å². The fraction of sp³-hybridized carbons (Fsp3) is 0.848. The summed E-state index contributed by atoms with van der Waals surface area (Å²) in [6, 6.07) is -0.608. The van der Waals surface area contributed by atoms with Gasteiger partial charge < -0.3 is 23.8 Å². The Morgan fingerprint density at radius 3 is 1.83 bits per heavy atom. The highest BCUT2D eigenvalue weighted by Gasteiger charge is 2.31. The molecule has 0 aromatic rings. The van der Waals surface area contributed by atoms with Crippen molar-refractivity contribution in [3.63, 3.8) is 0 Å². The number of nitrogens with zero attached hydrogens (tertiary/aromatic N) is 1. The van der Waals surface area contributed by atoms with Gasteiger partial charge in [0.1, 0.15) is 6.61 Å². The highest BCUT2D eigenvalue weighted by Crippen LogP contribution is 2.12. The van der Waals surface area contributed by atoms with E-state index in [1.165, 1.54) is 44.9 Å². The van der Waals surface area contributed by atoms with Crippen LogP contribution in [0.25, 0.3) is 0 Å². The Morgan fingerprint density at radius 1 is 0.707 bits per heavy atom. The maximum absolute atomic E-state index is 12.5. The minimum absolute atomic E-state index is 0.0517. The summed E-state index contributed by atoms with van der Waals surface area (Å²) < 4.78 is 17.0. The Kier molecular flexibility index (Phi) is 24.5. The number of carboxylic acid groups (broad SMARTS) is 1. The molecule has 1 N–H and O–H groups in total. The van der Waals surface area contributed by atoms with Gasteiger partial charge in [-0.25, -0.2) is 4.79 Å². The number of hydrogen-bond donors (Lipinski definition) is 1. The van der Waals surface area contributed by atoms with E-state index in [1.54, 1.807) is 0 Å². The largest absolute Gasteiger partial charge is 0.477 e. The van der Waals surface area contributed by atoms with Crippen molar-refractivity contribution in [2.75, 3.05) is 41.0 Å². The third kappa shape index (κ3) is 24.4. The van der Waals surface area contributed by atoms with E-state index in [-0.39, 0.29) is 36.2 Å². The van der Waals surface area contributed by atoms with Crippen LogP contribution in [0.5, 0.6) is 0 Å². The van der Waals surface area contributed by atoms with E-state index in [0.717, 1.165) is 51.4 Å². The molecule has 0 amide bonds. The predicted octanol–water partition coefficient (Wildman–Crippen LogP) is 7.24. The van der Waals surface area contributed by atoms with E-state index in [1.807, 2.05) is 21.1 Å². The number of ether oxygens (including phenoxy) is 3. The van der Waals surface area contributed by atoms with E-state index >= 15 is 0 Å². The van der Waals surface area contributed by atoms with Crippen LogP contribution in [0.1, 0.15) is 129 Å². The first-order valence-corrected chi connectivity index (χ1v) is 16.2. The van der Waals surface area contributed by atoms with Crippen LogP contribution in [0, 0.1) is 0 Å². The van der Waals surface area contributed by atoms with Crippen molar-refractivity contribution in [1.29, 1.82) is 0 Å². The van der Waals surface area contributed by atoms with Crippen molar-refractivity contribution in [2.24, 2.45) is 0 Å². The number of hydrogen-bond acceptors (Lipinski definition) is 6. The van der Waals surface area contributed by atoms with Crippen LogP contribution in [0.2, 0.25) is 0 Å². The fourth-order valence-corrected chi connectivity index (χ4v) is 4.54. The van der Waals surface area contributed by atoms with Crippen LogP contribution in [0.4, 0.5) is 0 Å². The van der Waals surface area contributed by atoms with Crippen LogP contribution in [-0.4, -0.2) is 80.6 Å². The molecular weight excluding hydrogens is 522 g/mol. The van der Waals surface area contributed by atoms with Gasteiger partial charge in [-0.2, -0.15) is 0 Å². The fourth-order valence-electron chi connectivity index (χ4n) is 4.54. The maximum atomic E-state index is 12.5. The number of rotatable bonds is 28. The molecule has 0 bridgehead atoms. The zero-order valence-corrected chi connectivity index (χ0v) is 27.0. The second kappa shape index (κ2) is 25.8. The Hall–Kier alpha value is -1.93. The van der Waals surface area contributed by atoms with Crippen LogP contribution in [0.3, 0.4) is 0 Å². The number of unbranched alkanes of at least 4 members (excludes halogenated alkanes) is 12. The van der Waals surface area contributed by atoms with Gasteiger partial charge in [0.2, 0.25) is 0 Å². The average Bonchev–Trinajstić information content (AvgIpc) is 2.91. The van der Waals surface area contributed by atoms with Gasteiger partial charge in [-0.3, -0.25) is 9.59 Å². The number of esters is 2. The first kappa shape index (κ1) is 39.1. The minimum atomic E-state index is -0.879. The Labute approximate surface area is 250 Å². The number of carbonyl (C=O) groups is 3. The maximum Gasteiger partial charge on any atom is 0.362 e. The molecule has 8 heteroatoms. The molecule has 0 radical (unpaired) electrons. The molecule has 0 saturated carbocycles. The lowest BCUT2D eigenvalue weighted by molar-refractivity contribution is -0.887. The molecule has 0 aliphatic heterocycles. The van der Waals surface area contributed by atoms with E-state index < -0.39 is 18.1 Å². The molecule has 2 atom stereocenters. The number of allylic oxidation sites excluding steroid dienone is 2. The van der Waals surface area contributed by atoms with Crippen molar-refractivity contribution >= 4 is 17.9 Å². The second-order valence-corrected chi connectivity index (χ2v) is 12.1. The van der Waals surface area contributed by atoms with Gasteiger partial charge in [0.25, 0.3) is 0 Å². The van der Waals surface area contributed by atoms with E-state index in [0.29, 0.717) is 19.3 Å². The zero-order valence-electron chi connectivity index (χ0n) is 27.0. The summed E-state index contributed by atoms with van der Waals surface area (Å²) >= 11 is 0. The molecule has 0 rings (SSSR count). The van der Waals surface area contributed by atoms with E-state index in [9.17, 15) is 19.5 Å². The SMILES string of the molecule is CCCC/C=C\CCCCCCCC(=O)OC(COCCC(C(=O)O)[N+](C)(C)C)COC(=O)CCCCCCCC. The summed E-state index contributed by atoms with van der Waals surface area (Å²) in [5.74, 6) is -1.49. The first-order chi connectivity index (χ1) is 19.6. The molecule has 240 valence electrons. The summed E-state index contributed by atoms with van der Waals surface area (Å²) in [6.07, 6.45) is 21.3. The van der Waals surface area contributed by atoms with Gasteiger partial charge in [0.15, 0.2) is 12.1 Å². The predicted molar refractivity (Wildman–Crippen MR) is 165 cm³/mol. The van der Waals surface area contributed by atoms with Crippen LogP contribution in [0.15, 0.2) is 12.2 Å². The quantitative estimate of drug-likeness (QED) is 0.0448. The molecule has 41 heavy (non-hydrogen) atoms. The molecular formula is C33H62NO7+. The van der Waals surface area contributed by atoms with Crippen molar-refractivity contribution < 1.29 is 38.2 Å². The lowest BCUT2D eigenvalue weighted by atomic mass is 10.1. The Morgan fingerprint density at radius 2 is 1.24 bits per heavy atom. The smallest absolute Gasteiger partial charge is 0.362 e. The van der Waals surface area contributed by atoms with Crippen molar-refractivity contribution in [1.82, 2.24) is 0 Å². The number of likely N-dealkylation sites (N-methyl/N-ethyl adjacent to an activating group) is 1. The highest BCUT2D eigenvalue weighted by molar-refractivity contribution is 5.72. The lowest BCUT2D eigenvalue weighted by Gasteiger charge is -2.31. The summed E-state index contributed by atoms with van der Waals surface area (Å²) in [6.45, 7) is 4.60. The second-order valence-electron chi connectivity index (χ2n) is 12.1. The molecule has 0 aromatic carbocycles. The molecule has 0 aliphatic carbocycles. The number of carboxylic acids is 1. The topological polar surface area (TPSA) is 99.1 Å². The van der Waals surface area contributed by atoms with Gasteiger partial charge in [0, 0.05) is 19.3 Å². The van der Waals surface area contributed by atoms with Crippen molar-refractivity contribution in [3.05, 3.63) is 12.2 Å². The summed E-state index contributed by atoms with van der Waals surface area (Å²) in [5.41, 5.74) is 0. The van der Waals surface area contributed by atoms with Gasteiger partial charge in [-0.15, -0.1) is 0 Å². The standard InChI is InChI=1S/C33H61NO7/c1-6-8-10-12-14-15-16-17-18-20-22-24-32(36)41-29(27-39-26-25-30(33(37)38)34(3,4)5)28-40-31(35)23-21-19-13-11-9-7-2/h12,14,29-30H,6-11,13,15-28H2,1-5H3/p+1/b14-12-. The van der Waals surface area contributed by atoms with Gasteiger partial charge >= 0.3 is 17.9 Å². The Bertz CT molecular complexity index is 702. The minimum Gasteiger partial charge on any atom is -0.477 e. The van der Waals surface area contributed by atoms with Gasteiger partial charge in [-0.05, 0) is 32.1 Å². The number of aliphatic carboxylic acids is 1. The molecule has 8 nitrogen and oxygen atoms in total. The first-order valence-electron chi connectivity index (χ1n) is 16.2. The molecule has 0 spiro atoms. The van der Waals surface area contributed by atoms with E-state index in [2.05, 4.69) is 26.0 Å². The van der Waals surface area contributed by atoms with Crippen molar-refractivity contribution in [2.45, 2.75) is 142 Å². The zero-order chi connectivity index (χ0) is 30.8. The average molecular weight is 585 g/mol. The lowest BCUT2D eigenvalue weighted by Crippen LogP contribution is -2.50. The van der Waals surface area contributed by atoms with Crippen LogP contribution in [-0.2, 0) is 28.6 Å². The number of quaternary nitrogens is 1. The highest BCUT2D eigenvalue weighted by atomic mass is 16.6.